The highest BCUT2D eigenvalue weighted by atomic mass is 16.4. The molecule has 0 saturated heterocycles. The first-order chi connectivity index (χ1) is 7.91. The van der Waals surface area contributed by atoms with E-state index < -0.39 is 5.97 Å². The van der Waals surface area contributed by atoms with Crippen LogP contribution in [-0.2, 0) is 7.05 Å². The molecule has 0 aromatic carbocycles. The highest BCUT2D eigenvalue weighted by Crippen LogP contribution is 2.24. The van der Waals surface area contributed by atoms with Gasteiger partial charge < -0.3 is 5.11 Å². The number of fused-ring (bicyclic) bond motifs is 1. The summed E-state index contributed by atoms with van der Waals surface area (Å²) in [5.41, 5.74) is 2.39. The summed E-state index contributed by atoms with van der Waals surface area (Å²) < 4.78 is 1.63. The van der Waals surface area contributed by atoms with Gasteiger partial charge in [0.25, 0.3) is 0 Å². The first-order valence-electron chi connectivity index (χ1n) is 5.49. The van der Waals surface area contributed by atoms with E-state index in [0.717, 1.165) is 5.69 Å². The van der Waals surface area contributed by atoms with E-state index in [4.69, 9.17) is 0 Å². The number of carbonyl (C=O) groups is 1. The van der Waals surface area contributed by atoms with Crippen molar-refractivity contribution in [3.05, 3.63) is 23.0 Å². The molecule has 2 aromatic heterocycles. The Labute approximate surface area is 99.1 Å². The number of aromatic carboxylic acids is 1. The Hall–Kier alpha value is -1.91. The lowest BCUT2D eigenvalue weighted by atomic mass is 10.0. The summed E-state index contributed by atoms with van der Waals surface area (Å²) in [5.74, 6) is -0.747. The Morgan fingerprint density at radius 2 is 2.12 bits per heavy atom. The van der Waals surface area contributed by atoms with Crippen LogP contribution in [-0.4, -0.2) is 25.8 Å². The predicted octanol–water partition coefficient (Wildman–Crippen LogP) is 2.10. The molecule has 1 N–H and O–H groups in total. The van der Waals surface area contributed by atoms with Crippen molar-refractivity contribution in [3.63, 3.8) is 0 Å². The van der Waals surface area contributed by atoms with Gasteiger partial charge in [-0.3, -0.25) is 4.68 Å². The smallest absolute Gasteiger partial charge is 0.336 e. The van der Waals surface area contributed by atoms with E-state index in [1.807, 2.05) is 13.8 Å². The summed E-state index contributed by atoms with van der Waals surface area (Å²) in [5, 5.41) is 14.1. The number of carboxylic acids is 1. The molecule has 2 rings (SSSR count). The Kier molecular flexibility index (Phi) is 2.61. The molecule has 0 aliphatic heterocycles. The van der Waals surface area contributed by atoms with Gasteiger partial charge in [-0.1, -0.05) is 13.8 Å². The van der Waals surface area contributed by atoms with Crippen molar-refractivity contribution in [2.24, 2.45) is 7.05 Å². The monoisotopic (exact) mass is 233 g/mol. The second-order valence-electron chi connectivity index (χ2n) is 4.46. The number of pyridine rings is 1. The lowest BCUT2D eigenvalue weighted by molar-refractivity contribution is 0.0698. The van der Waals surface area contributed by atoms with Gasteiger partial charge in [0.05, 0.1) is 16.6 Å². The van der Waals surface area contributed by atoms with Gasteiger partial charge in [-0.25, -0.2) is 9.78 Å². The fourth-order valence-electron chi connectivity index (χ4n) is 1.93. The summed E-state index contributed by atoms with van der Waals surface area (Å²) in [6, 6.07) is 1.64. The molecule has 2 heterocycles. The van der Waals surface area contributed by atoms with Gasteiger partial charge in [0.2, 0.25) is 0 Å². The molecule has 5 nitrogen and oxygen atoms in total. The third-order valence-electron chi connectivity index (χ3n) is 2.81. The molecule has 0 saturated carbocycles. The van der Waals surface area contributed by atoms with Crippen LogP contribution in [0.3, 0.4) is 0 Å². The molecular weight excluding hydrogens is 218 g/mol. The largest absolute Gasteiger partial charge is 0.478 e. The number of aromatic nitrogens is 3. The molecule has 0 amide bonds. The predicted molar refractivity (Wildman–Crippen MR) is 64.3 cm³/mol. The van der Waals surface area contributed by atoms with E-state index in [-0.39, 0.29) is 11.5 Å². The molecule has 0 aliphatic rings. The highest BCUT2D eigenvalue weighted by molar-refractivity contribution is 6.02. The third kappa shape index (κ3) is 1.77. The van der Waals surface area contributed by atoms with E-state index in [2.05, 4.69) is 10.1 Å². The van der Waals surface area contributed by atoms with Crippen molar-refractivity contribution in [1.29, 1.82) is 0 Å². The number of carboxylic acid groups (broad SMARTS) is 1. The molecule has 0 spiro atoms. The van der Waals surface area contributed by atoms with Crippen LogP contribution >= 0.6 is 0 Å². The van der Waals surface area contributed by atoms with Crippen LogP contribution in [0.5, 0.6) is 0 Å². The average Bonchev–Trinajstić information content (AvgIpc) is 2.53. The van der Waals surface area contributed by atoms with E-state index in [1.54, 1.807) is 24.7 Å². The highest BCUT2D eigenvalue weighted by Gasteiger charge is 2.18. The van der Waals surface area contributed by atoms with Gasteiger partial charge in [-0.05, 0) is 18.9 Å². The van der Waals surface area contributed by atoms with Gasteiger partial charge in [0, 0.05) is 12.7 Å². The van der Waals surface area contributed by atoms with Crippen LogP contribution in [0, 0.1) is 6.92 Å². The quantitative estimate of drug-likeness (QED) is 0.862. The van der Waals surface area contributed by atoms with Gasteiger partial charge >= 0.3 is 5.97 Å². The maximum Gasteiger partial charge on any atom is 0.336 e. The minimum atomic E-state index is -0.935. The molecule has 0 unspecified atom stereocenters. The summed E-state index contributed by atoms with van der Waals surface area (Å²) in [4.78, 5) is 15.8. The summed E-state index contributed by atoms with van der Waals surface area (Å²) >= 11 is 0. The lowest BCUT2D eigenvalue weighted by Crippen LogP contribution is -2.04. The normalized spacial score (nSPS) is 11.4. The van der Waals surface area contributed by atoms with Crippen LogP contribution in [0.15, 0.2) is 6.07 Å². The zero-order chi connectivity index (χ0) is 12.7. The lowest BCUT2D eigenvalue weighted by Gasteiger charge is -2.07. The molecule has 0 fully saturated rings. The van der Waals surface area contributed by atoms with E-state index in [1.165, 1.54) is 0 Å². The Balaban J connectivity index is 2.88. The molecule has 5 heteroatoms. The Morgan fingerprint density at radius 1 is 1.47 bits per heavy atom. The maximum atomic E-state index is 11.3. The number of nitrogens with zero attached hydrogens (tertiary/aromatic N) is 3. The fraction of sp³-hybridized carbons (Fsp3) is 0.417. The summed E-state index contributed by atoms with van der Waals surface area (Å²) in [6.45, 7) is 5.78. The van der Waals surface area contributed by atoms with Crippen molar-refractivity contribution in [1.82, 2.24) is 14.8 Å². The van der Waals surface area contributed by atoms with Crippen molar-refractivity contribution >= 4 is 17.0 Å². The van der Waals surface area contributed by atoms with Gasteiger partial charge in [-0.15, -0.1) is 0 Å². The molecule has 90 valence electrons. The van der Waals surface area contributed by atoms with Crippen LogP contribution in [0.2, 0.25) is 0 Å². The minimum Gasteiger partial charge on any atom is -0.478 e. The average molecular weight is 233 g/mol. The molecular formula is C12H15N3O2. The van der Waals surface area contributed by atoms with Gasteiger partial charge in [-0.2, -0.15) is 5.10 Å². The zero-order valence-corrected chi connectivity index (χ0v) is 10.4. The fourth-order valence-corrected chi connectivity index (χ4v) is 1.93. The van der Waals surface area contributed by atoms with Crippen LogP contribution in [0.4, 0.5) is 0 Å². The Morgan fingerprint density at radius 3 is 2.65 bits per heavy atom. The molecule has 0 aliphatic carbocycles. The van der Waals surface area contributed by atoms with Crippen LogP contribution in [0.25, 0.3) is 11.0 Å². The van der Waals surface area contributed by atoms with Gasteiger partial charge in [0.15, 0.2) is 5.65 Å². The first-order valence-corrected chi connectivity index (χ1v) is 5.49. The van der Waals surface area contributed by atoms with Crippen LogP contribution in [0.1, 0.15) is 41.5 Å². The second-order valence-corrected chi connectivity index (χ2v) is 4.46. The van der Waals surface area contributed by atoms with Crippen molar-refractivity contribution in [2.45, 2.75) is 26.7 Å². The number of aryl methyl sites for hydroxylation is 2. The topological polar surface area (TPSA) is 68.0 Å². The van der Waals surface area contributed by atoms with E-state index in [9.17, 15) is 9.90 Å². The van der Waals surface area contributed by atoms with E-state index >= 15 is 0 Å². The molecule has 0 atom stereocenters. The van der Waals surface area contributed by atoms with Crippen molar-refractivity contribution < 1.29 is 9.90 Å². The number of hydrogen-bond acceptors (Lipinski definition) is 3. The first kappa shape index (κ1) is 11.6. The minimum absolute atomic E-state index is 0.188. The summed E-state index contributed by atoms with van der Waals surface area (Å²) in [7, 11) is 1.78. The SMILES string of the molecule is Cc1nn(C)c2nc(C(C)C)cc(C(=O)O)c12. The molecule has 17 heavy (non-hydrogen) atoms. The van der Waals surface area contributed by atoms with Crippen LogP contribution < -0.4 is 0 Å². The Bertz CT molecular complexity index is 599. The van der Waals surface area contributed by atoms with Crippen molar-refractivity contribution in [2.75, 3.05) is 0 Å². The van der Waals surface area contributed by atoms with Crippen molar-refractivity contribution in [3.8, 4) is 0 Å². The second kappa shape index (κ2) is 3.84. The number of hydrogen-bond donors (Lipinski definition) is 1. The number of rotatable bonds is 2. The maximum absolute atomic E-state index is 11.3. The molecule has 0 bridgehead atoms. The van der Waals surface area contributed by atoms with E-state index in [0.29, 0.717) is 16.7 Å². The molecule has 2 aromatic rings. The zero-order valence-electron chi connectivity index (χ0n) is 10.4. The molecule has 0 radical (unpaired) electrons. The standard InChI is InChI=1S/C12H15N3O2/c1-6(2)9-5-8(12(16)17)10-7(3)14-15(4)11(10)13-9/h5-6H,1-4H3,(H,16,17). The van der Waals surface area contributed by atoms with Gasteiger partial charge in [0.1, 0.15) is 0 Å². The third-order valence-corrected chi connectivity index (χ3v) is 2.81. The summed E-state index contributed by atoms with van der Waals surface area (Å²) in [6.07, 6.45) is 0.